The van der Waals surface area contributed by atoms with E-state index < -0.39 is 17.9 Å². The molecule has 0 spiro atoms. The highest BCUT2D eigenvalue weighted by atomic mass is 19.1. The monoisotopic (exact) mass is 198 g/mol. The number of methoxy groups -OCH3 is 1. The van der Waals surface area contributed by atoms with Crippen LogP contribution in [0.25, 0.3) is 0 Å². The first kappa shape index (κ1) is 10.7. The van der Waals surface area contributed by atoms with Crippen molar-refractivity contribution in [3.05, 3.63) is 35.6 Å². The van der Waals surface area contributed by atoms with Crippen LogP contribution in [-0.2, 0) is 9.53 Å². The van der Waals surface area contributed by atoms with Crippen molar-refractivity contribution in [2.24, 2.45) is 0 Å². The second-order valence-corrected chi connectivity index (χ2v) is 2.82. The van der Waals surface area contributed by atoms with Gasteiger partial charge in [0.15, 0.2) is 0 Å². The lowest BCUT2D eigenvalue weighted by Crippen LogP contribution is -2.09. The van der Waals surface area contributed by atoms with Gasteiger partial charge in [-0.2, -0.15) is 0 Å². The molecule has 1 N–H and O–H groups in total. The summed E-state index contributed by atoms with van der Waals surface area (Å²) < 4.78 is 17.4. The van der Waals surface area contributed by atoms with Crippen LogP contribution in [0.3, 0.4) is 0 Å². The molecule has 0 saturated carbocycles. The number of esters is 1. The van der Waals surface area contributed by atoms with Gasteiger partial charge in [0.05, 0.1) is 19.6 Å². The van der Waals surface area contributed by atoms with E-state index in [2.05, 4.69) is 4.74 Å². The maximum Gasteiger partial charge on any atom is 0.308 e. The Morgan fingerprint density at radius 1 is 1.57 bits per heavy atom. The Morgan fingerprint density at radius 2 is 2.21 bits per heavy atom. The van der Waals surface area contributed by atoms with Crippen LogP contribution < -0.4 is 0 Å². The van der Waals surface area contributed by atoms with E-state index >= 15 is 0 Å². The van der Waals surface area contributed by atoms with Gasteiger partial charge >= 0.3 is 5.97 Å². The summed E-state index contributed by atoms with van der Waals surface area (Å²) in [7, 11) is 1.22. The second-order valence-electron chi connectivity index (χ2n) is 2.82. The molecule has 1 rings (SSSR count). The van der Waals surface area contributed by atoms with Gasteiger partial charge < -0.3 is 9.84 Å². The van der Waals surface area contributed by atoms with Crippen molar-refractivity contribution < 1.29 is 19.0 Å². The van der Waals surface area contributed by atoms with E-state index in [0.29, 0.717) is 0 Å². The van der Waals surface area contributed by atoms with Crippen molar-refractivity contribution >= 4 is 5.97 Å². The lowest BCUT2D eigenvalue weighted by molar-refractivity contribution is -0.142. The van der Waals surface area contributed by atoms with Gasteiger partial charge in [0.1, 0.15) is 5.82 Å². The van der Waals surface area contributed by atoms with Crippen molar-refractivity contribution in [2.75, 3.05) is 7.11 Å². The fraction of sp³-hybridized carbons (Fsp3) is 0.300. The van der Waals surface area contributed by atoms with Crippen LogP contribution >= 0.6 is 0 Å². The number of carbonyl (C=O) groups excluding carboxylic acids is 1. The first-order valence-electron chi connectivity index (χ1n) is 4.14. The average molecular weight is 198 g/mol. The van der Waals surface area contributed by atoms with Gasteiger partial charge in [0.25, 0.3) is 0 Å². The van der Waals surface area contributed by atoms with Crippen molar-refractivity contribution in [3.63, 3.8) is 0 Å². The van der Waals surface area contributed by atoms with Crippen molar-refractivity contribution in [1.82, 2.24) is 0 Å². The smallest absolute Gasteiger partial charge is 0.308 e. The average Bonchev–Trinajstić information content (AvgIpc) is 2.18. The molecule has 0 heterocycles. The molecule has 0 bridgehead atoms. The maximum absolute atomic E-state index is 13.1. The molecule has 0 fully saturated rings. The van der Waals surface area contributed by atoms with Crippen LogP contribution in [0.1, 0.15) is 18.1 Å². The first-order valence-corrected chi connectivity index (χ1v) is 4.14. The summed E-state index contributed by atoms with van der Waals surface area (Å²) in [5.74, 6) is -1.09. The highest BCUT2D eigenvalue weighted by Crippen LogP contribution is 2.19. The van der Waals surface area contributed by atoms with Crippen molar-refractivity contribution in [3.8, 4) is 0 Å². The van der Waals surface area contributed by atoms with Crippen molar-refractivity contribution in [1.29, 1.82) is 0 Å². The fourth-order valence-corrected chi connectivity index (χ4v) is 1.10. The zero-order valence-corrected chi connectivity index (χ0v) is 7.74. The molecule has 1 atom stereocenters. The third kappa shape index (κ3) is 2.53. The fourth-order valence-electron chi connectivity index (χ4n) is 1.10. The van der Waals surface area contributed by atoms with Gasteiger partial charge in [-0.25, -0.2) is 4.39 Å². The molecule has 0 aliphatic heterocycles. The molecule has 1 aromatic carbocycles. The number of halogens is 1. The van der Waals surface area contributed by atoms with E-state index in [1.807, 2.05) is 0 Å². The van der Waals surface area contributed by atoms with Crippen LogP contribution in [0.15, 0.2) is 24.3 Å². The summed E-state index contributed by atoms with van der Waals surface area (Å²) in [6, 6.07) is 5.78. The predicted octanol–water partition coefficient (Wildman–Crippen LogP) is 1.42. The van der Waals surface area contributed by atoms with Crippen LogP contribution in [0.2, 0.25) is 0 Å². The molecule has 0 aliphatic rings. The molecule has 0 unspecified atom stereocenters. The van der Waals surface area contributed by atoms with Crippen LogP contribution in [0.5, 0.6) is 0 Å². The zero-order chi connectivity index (χ0) is 10.6. The Labute approximate surface area is 81.1 Å². The van der Waals surface area contributed by atoms with E-state index in [-0.39, 0.29) is 12.0 Å². The molecule has 0 aromatic heterocycles. The molecule has 0 aliphatic carbocycles. The molecule has 3 nitrogen and oxygen atoms in total. The van der Waals surface area contributed by atoms with Crippen LogP contribution in [0.4, 0.5) is 4.39 Å². The number of ether oxygens (including phenoxy) is 1. The Morgan fingerprint density at radius 3 is 2.79 bits per heavy atom. The zero-order valence-electron chi connectivity index (χ0n) is 7.74. The van der Waals surface area contributed by atoms with Crippen molar-refractivity contribution in [2.45, 2.75) is 12.5 Å². The Hall–Kier alpha value is -1.42. The summed E-state index contributed by atoms with van der Waals surface area (Å²) in [4.78, 5) is 10.8. The highest BCUT2D eigenvalue weighted by molar-refractivity contribution is 5.70. The minimum Gasteiger partial charge on any atom is -0.469 e. The number of hydrogen-bond donors (Lipinski definition) is 1. The van der Waals surface area contributed by atoms with E-state index in [1.54, 1.807) is 6.07 Å². The maximum atomic E-state index is 13.1. The summed E-state index contributed by atoms with van der Waals surface area (Å²) in [5.41, 5.74) is 0.109. The van der Waals surface area contributed by atoms with E-state index in [9.17, 15) is 14.3 Å². The molecule has 76 valence electrons. The lowest BCUT2D eigenvalue weighted by Gasteiger charge is -2.09. The predicted molar refractivity (Wildman–Crippen MR) is 48.0 cm³/mol. The second kappa shape index (κ2) is 4.72. The van der Waals surface area contributed by atoms with Gasteiger partial charge in [-0.05, 0) is 6.07 Å². The van der Waals surface area contributed by atoms with E-state index in [0.717, 1.165) is 0 Å². The SMILES string of the molecule is COC(=O)C[C@H](O)c1ccccc1F. The van der Waals surface area contributed by atoms with Gasteiger partial charge in [0.2, 0.25) is 0 Å². The number of carbonyl (C=O) groups is 1. The number of benzene rings is 1. The third-order valence-electron chi connectivity index (χ3n) is 1.85. The third-order valence-corrected chi connectivity index (χ3v) is 1.85. The minimum absolute atomic E-state index is 0.109. The molecule has 0 saturated heterocycles. The van der Waals surface area contributed by atoms with Gasteiger partial charge in [-0.15, -0.1) is 0 Å². The molecule has 14 heavy (non-hydrogen) atoms. The van der Waals surface area contributed by atoms with E-state index in [1.165, 1.54) is 25.3 Å². The molecule has 0 amide bonds. The summed E-state index contributed by atoms with van der Waals surface area (Å²) in [6.07, 6.45) is -1.39. The number of aliphatic hydroxyl groups is 1. The van der Waals surface area contributed by atoms with Crippen LogP contribution in [0, 0.1) is 5.82 Å². The highest BCUT2D eigenvalue weighted by Gasteiger charge is 2.16. The number of rotatable bonds is 3. The molecular weight excluding hydrogens is 187 g/mol. The van der Waals surface area contributed by atoms with Gasteiger partial charge in [-0.1, -0.05) is 18.2 Å². The topological polar surface area (TPSA) is 46.5 Å². The molecule has 4 heteroatoms. The summed E-state index contributed by atoms with van der Waals surface area (Å²) >= 11 is 0. The number of hydrogen-bond acceptors (Lipinski definition) is 3. The summed E-state index contributed by atoms with van der Waals surface area (Å²) in [6.45, 7) is 0. The standard InChI is InChI=1S/C10H11FO3/c1-14-10(13)6-9(12)7-4-2-3-5-8(7)11/h2-5,9,12H,6H2,1H3/t9-/m0/s1. The Kier molecular flexibility index (Phi) is 3.59. The molecule has 1 aromatic rings. The Balaban J connectivity index is 2.74. The van der Waals surface area contributed by atoms with Crippen LogP contribution in [-0.4, -0.2) is 18.2 Å². The largest absolute Gasteiger partial charge is 0.469 e. The lowest BCUT2D eigenvalue weighted by atomic mass is 10.1. The minimum atomic E-state index is -1.15. The quantitative estimate of drug-likeness (QED) is 0.747. The summed E-state index contributed by atoms with van der Waals surface area (Å²) in [5, 5.41) is 9.46. The molecular formula is C10H11FO3. The number of aliphatic hydroxyl groups excluding tert-OH is 1. The Bertz CT molecular complexity index is 325. The normalized spacial score (nSPS) is 12.2. The first-order chi connectivity index (χ1) is 6.65. The molecule has 0 radical (unpaired) electrons. The van der Waals surface area contributed by atoms with Gasteiger partial charge in [-0.3, -0.25) is 4.79 Å². The van der Waals surface area contributed by atoms with Gasteiger partial charge in [0, 0.05) is 5.56 Å². The van der Waals surface area contributed by atoms with E-state index in [4.69, 9.17) is 0 Å².